The summed E-state index contributed by atoms with van der Waals surface area (Å²) in [5, 5.41) is 7.90. The number of carbonyl (C=O) groups excluding carboxylic acids is 1. The number of hydrogen-bond acceptors (Lipinski definition) is 3. The van der Waals surface area contributed by atoms with E-state index in [9.17, 15) is 4.79 Å². The fourth-order valence-electron chi connectivity index (χ4n) is 2.87. The normalized spacial score (nSPS) is 10.7. The van der Waals surface area contributed by atoms with Crippen molar-refractivity contribution in [3.8, 4) is 5.75 Å². The van der Waals surface area contributed by atoms with E-state index >= 15 is 0 Å². The molecule has 0 aliphatic heterocycles. The Kier molecular flexibility index (Phi) is 5.81. The molecule has 0 radical (unpaired) electrons. The first kappa shape index (κ1) is 19.0. The van der Waals surface area contributed by atoms with E-state index in [4.69, 9.17) is 16.3 Å². The number of carbonyl (C=O) groups is 1. The summed E-state index contributed by atoms with van der Waals surface area (Å²) in [7, 11) is 1.90. The van der Waals surface area contributed by atoms with Crippen LogP contribution in [0.5, 0.6) is 5.75 Å². The molecule has 6 heteroatoms. The Bertz CT molecular complexity index is 966. The van der Waals surface area contributed by atoms with Crippen molar-refractivity contribution in [3.05, 3.63) is 81.6 Å². The minimum atomic E-state index is -0.128. The Labute approximate surface area is 163 Å². The maximum Gasteiger partial charge on any atom is 0.251 e. The quantitative estimate of drug-likeness (QED) is 0.694. The summed E-state index contributed by atoms with van der Waals surface area (Å²) in [4.78, 5) is 12.5. The van der Waals surface area contributed by atoms with Gasteiger partial charge in [0.05, 0.1) is 10.7 Å². The summed E-state index contributed by atoms with van der Waals surface area (Å²) in [5.41, 5.74) is 4.52. The number of hydrogen-bond donors (Lipinski definition) is 1. The highest BCUT2D eigenvalue weighted by atomic mass is 35.5. The summed E-state index contributed by atoms with van der Waals surface area (Å²) in [6.07, 6.45) is 0. The maximum atomic E-state index is 12.5. The third-order valence-electron chi connectivity index (χ3n) is 4.50. The lowest BCUT2D eigenvalue weighted by atomic mass is 10.1. The SMILES string of the molecule is Cc1nn(C)c(C)c1CNC(=O)c1cccc(COc2ccccc2Cl)c1. The van der Waals surface area contributed by atoms with E-state index in [0.29, 0.717) is 29.5 Å². The van der Waals surface area contributed by atoms with Gasteiger partial charge in [-0.2, -0.15) is 5.10 Å². The van der Waals surface area contributed by atoms with Crippen molar-refractivity contribution in [1.29, 1.82) is 0 Å². The Morgan fingerprint density at radius 1 is 1.19 bits per heavy atom. The maximum absolute atomic E-state index is 12.5. The number of para-hydroxylation sites is 1. The third kappa shape index (κ3) is 4.49. The molecule has 1 heterocycles. The Hall–Kier alpha value is -2.79. The van der Waals surface area contributed by atoms with Crippen LogP contribution >= 0.6 is 11.6 Å². The molecule has 1 aromatic heterocycles. The van der Waals surface area contributed by atoms with Crippen molar-refractivity contribution in [1.82, 2.24) is 15.1 Å². The predicted molar refractivity (Wildman–Crippen MR) is 106 cm³/mol. The Morgan fingerprint density at radius 2 is 1.96 bits per heavy atom. The highest BCUT2D eigenvalue weighted by Gasteiger charge is 2.12. The molecule has 5 nitrogen and oxygen atoms in total. The van der Waals surface area contributed by atoms with Crippen LogP contribution in [0.1, 0.15) is 32.9 Å². The molecule has 0 saturated carbocycles. The van der Waals surface area contributed by atoms with Gasteiger partial charge in [-0.1, -0.05) is 35.9 Å². The van der Waals surface area contributed by atoms with Crippen LogP contribution in [-0.4, -0.2) is 15.7 Å². The van der Waals surface area contributed by atoms with Gasteiger partial charge in [0.25, 0.3) is 5.91 Å². The molecule has 0 saturated heterocycles. The number of halogens is 1. The molecule has 1 N–H and O–H groups in total. The van der Waals surface area contributed by atoms with Gasteiger partial charge in [0.1, 0.15) is 12.4 Å². The second-order valence-corrected chi connectivity index (χ2v) is 6.78. The minimum absolute atomic E-state index is 0.128. The summed E-state index contributed by atoms with van der Waals surface area (Å²) in [6, 6.07) is 14.7. The lowest BCUT2D eigenvalue weighted by Gasteiger charge is -2.10. The van der Waals surface area contributed by atoms with Crippen LogP contribution in [0.2, 0.25) is 5.02 Å². The number of rotatable bonds is 6. The molecule has 27 heavy (non-hydrogen) atoms. The molecule has 1 amide bonds. The molecular formula is C21H22ClN3O2. The monoisotopic (exact) mass is 383 g/mol. The average molecular weight is 384 g/mol. The number of aryl methyl sites for hydroxylation is 2. The summed E-state index contributed by atoms with van der Waals surface area (Å²) >= 11 is 6.10. The first-order valence-electron chi connectivity index (χ1n) is 8.69. The second-order valence-electron chi connectivity index (χ2n) is 6.38. The standard InChI is InChI=1S/C21H22ClN3O2/c1-14-18(15(2)25(3)24-14)12-23-21(26)17-8-6-7-16(11-17)13-27-20-10-5-4-9-19(20)22/h4-11H,12-13H2,1-3H3,(H,23,26). The zero-order valence-electron chi connectivity index (χ0n) is 15.6. The topological polar surface area (TPSA) is 56.2 Å². The van der Waals surface area contributed by atoms with Crippen LogP contribution in [0.4, 0.5) is 0 Å². The number of ether oxygens (including phenoxy) is 1. The van der Waals surface area contributed by atoms with Gasteiger partial charge in [0.15, 0.2) is 0 Å². The van der Waals surface area contributed by atoms with Crippen LogP contribution in [0.25, 0.3) is 0 Å². The second kappa shape index (κ2) is 8.27. The van der Waals surface area contributed by atoms with Gasteiger partial charge < -0.3 is 10.1 Å². The van der Waals surface area contributed by atoms with E-state index in [1.807, 2.05) is 62.0 Å². The molecule has 0 aliphatic rings. The first-order valence-corrected chi connectivity index (χ1v) is 9.07. The molecule has 0 fully saturated rings. The van der Waals surface area contributed by atoms with Crippen LogP contribution in [0.3, 0.4) is 0 Å². The van der Waals surface area contributed by atoms with Gasteiger partial charge in [-0.25, -0.2) is 0 Å². The van der Waals surface area contributed by atoms with E-state index in [1.54, 1.807) is 12.1 Å². The van der Waals surface area contributed by atoms with Crippen LogP contribution in [-0.2, 0) is 20.2 Å². The first-order chi connectivity index (χ1) is 13.0. The highest BCUT2D eigenvalue weighted by molar-refractivity contribution is 6.32. The number of benzene rings is 2. The molecule has 0 atom stereocenters. The number of nitrogens with zero attached hydrogens (tertiary/aromatic N) is 2. The van der Waals surface area contributed by atoms with Gasteiger partial charge >= 0.3 is 0 Å². The zero-order chi connectivity index (χ0) is 19.4. The van der Waals surface area contributed by atoms with E-state index < -0.39 is 0 Å². The van der Waals surface area contributed by atoms with Crippen molar-refractivity contribution in [2.75, 3.05) is 0 Å². The van der Waals surface area contributed by atoms with Gasteiger partial charge in [0.2, 0.25) is 0 Å². The fourth-order valence-corrected chi connectivity index (χ4v) is 3.06. The molecule has 3 rings (SSSR count). The van der Waals surface area contributed by atoms with Crippen molar-refractivity contribution in [2.24, 2.45) is 7.05 Å². The van der Waals surface area contributed by atoms with E-state index in [1.165, 1.54) is 0 Å². The van der Waals surface area contributed by atoms with E-state index in [2.05, 4.69) is 10.4 Å². The van der Waals surface area contributed by atoms with Crippen molar-refractivity contribution < 1.29 is 9.53 Å². The van der Waals surface area contributed by atoms with Crippen molar-refractivity contribution >= 4 is 17.5 Å². The lowest BCUT2D eigenvalue weighted by Crippen LogP contribution is -2.23. The average Bonchev–Trinajstić information content (AvgIpc) is 2.91. The number of aromatic nitrogens is 2. The van der Waals surface area contributed by atoms with Gasteiger partial charge in [-0.15, -0.1) is 0 Å². The molecule has 3 aromatic rings. The molecule has 2 aromatic carbocycles. The molecule has 0 unspecified atom stereocenters. The molecule has 140 valence electrons. The predicted octanol–water partition coefficient (Wildman–Crippen LogP) is 4.20. The summed E-state index contributed by atoms with van der Waals surface area (Å²) in [6.45, 7) is 4.73. The van der Waals surface area contributed by atoms with Crippen LogP contribution < -0.4 is 10.1 Å². The Morgan fingerprint density at radius 3 is 2.67 bits per heavy atom. The van der Waals surface area contributed by atoms with Gasteiger partial charge in [-0.05, 0) is 43.7 Å². The summed E-state index contributed by atoms with van der Waals surface area (Å²) in [5.74, 6) is 0.494. The van der Waals surface area contributed by atoms with Crippen molar-refractivity contribution in [2.45, 2.75) is 27.0 Å². The molecular weight excluding hydrogens is 362 g/mol. The third-order valence-corrected chi connectivity index (χ3v) is 4.82. The zero-order valence-corrected chi connectivity index (χ0v) is 16.4. The lowest BCUT2D eigenvalue weighted by molar-refractivity contribution is 0.0950. The fraction of sp³-hybridized carbons (Fsp3) is 0.238. The largest absolute Gasteiger partial charge is 0.487 e. The van der Waals surface area contributed by atoms with Crippen LogP contribution in [0, 0.1) is 13.8 Å². The number of nitrogens with one attached hydrogen (secondary N) is 1. The minimum Gasteiger partial charge on any atom is -0.487 e. The van der Waals surface area contributed by atoms with Gasteiger partial charge in [0, 0.05) is 30.4 Å². The molecule has 0 spiro atoms. The van der Waals surface area contributed by atoms with Crippen molar-refractivity contribution in [3.63, 3.8) is 0 Å². The van der Waals surface area contributed by atoms with E-state index in [0.717, 1.165) is 22.5 Å². The molecule has 0 bridgehead atoms. The number of amides is 1. The smallest absolute Gasteiger partial charge is 0.251 e. The van der Waals surface area contributed by atoms with E-state index in [-0.39, 0.29) is 5.91 Å². The Balaban J connectivity index is 1.64. The molecule has 0 aliphatic carbocycles. The van der Waals surface area contributed by atoms with Crippen LogP contribution in [0.15, 0.2) is 48.5 Å². The highest BCUT2D eigenvalue weighted by Crippen LogP contribution is 2.24. The van der Waals surface area contributed by atoms with Gasteiger partial charge in [-0.3, -0.25) is 9.48 Å². The summed E-state index contributed by atoms with van der Waals surface area (Å²) < 4.78 is 7.57.